The molecule has 0 unspecified atom stereocenters. The van der Waals surface area contributed by atoms with E-state index in [0.29, 0.717) is 12.3 Å². The van der Waals surface area contributed by atoms with E-state index in [9.17, 15) is 0 Å². The highest BCUT2D eigenvalue weighted by molar-refractivity contribution is 7.16. The van der Waals surface area contributed by atoms with E-state index in [2.05, 4.69) is 24.0 Å². The van der Waals surface area contributed by atoms with E-state index in [1.807, 2.05) is 12.1 Å². The summed E-state index contributed by atoms with van der Waals surface area (Å²) >= 11 is 1.59. The molecular weight excluding hydrogens is 234 g/mol. The highest BCUT2D eigenvalue weighted by Crippen LogP contribution is 2.31. The van der Waals surface area contributed by atoms with Crippen molar-refractivity contribution in [3.8, 4) is 5.75 Å². The van der Waals surface area contributed by atoms with E-state index in [-0.39, 0.29) is 0 Å². The third-order valence-electron chi connectivity index (χ3n) is 2.51. The van der Waals surface area contributed by atoms with Gasteiger partial charge in [-0.15, -0.1) is 11.3 Å². The van der Waals surface area contributed by atoms with E-state index in [1.54, 1.807) is 16.8 Å². The smallest absolute Gasteiger partial charge is 0.144 e. The molecule has 0 radical (unpaired) electrons. The maximum atomic E-state index is 6.01. The Morgan fingerprint density at radius 2 is 2.24 bits per heavy atom. The zero-order valence-corrected chi connectivity index (χ0v) is 11.0. The topological polar surface area (TPSA) is 51.4 Å². The lowest BCUT2D eigenvalue weighted by atomic mass is 10.2. The van der Waals surface area contributed by atoms with Crippen molar-refractivity contribution in [2.45, 2.75) is 6.42 Å². The number of nitrogen functional groups attached to an aromatic ring is 1. The lowest BCUT2D eigenvalue weighted by Gasteiger charge is -2.11. The molecule has 1 aromatic heterocycles. The zero-order chi connectivity index (χ0) is 12.3. The SMILES string of the molecule is CN(C)CCCOc1ccc2scnc2c1N. The highest BCUT2D eigenvalue weighted by Gasteiger charge is 2.07. The lowest BCUT2D eigenvalue weighted by Crippen LogP contribution is -2.15. The number of anilines is 1. The molecule has 0 fully saturated rings. The van der Waals surface area contributed by atoms with Crippen molar-refractivity contribution in [2.24, 2.45) is 0 Å². The van der Waals surface area contributed by atoms with Gasteiger partial charge in [-0.2, -0.15) is 0 Å². The number of hydrogen-bond donors (Lipinski definition) is 1. The van der Waals surface area contributed by atoms with Crippen molar-refractivity contribution in [2.75, 3.05) is 33.0 Å². The van der Waals surface area contributed by atoms with Crippen molar-refractivity contribution in [1.82, 2.24) is 9.88 Å². The predicted octanol–water partition coefficient (Wildman–Crippen LogP) is 2.21. The second-order valence-electron chi connectivity index (χ2n) is 4.18. The van der Waals surface area contributed by atoms with Gasteiger partial charge in [-0.3, -0.25) is 0 Å². The lowest BCUT2D eigenvalue weighted by molar-refractivity contribution is 0.283. The average Bonchev–Trinajstić information content (AvgIpc) is 2.75. The molecule has 2 rings (SSSR count). The Morgan fingerprint density at radius 1 is 1.41 bits per heavy atom. The molecule has 0 aliphatic heterocycles. The van der Waals surface area contributed by atoms with Crippen LogP contribution in [-0.4, -0.2) is 37.1 Å². The molecule has 0 aliphatic carbocycles. The summed E-state index contributed by atoms with van der Waals surface area (Å²) in [7, 11) is 4.10. The molecule has 0 aliphatic rings. The number of aromatic nitrogens is 1. The molecule has 0 saturated carbocycles. The molecule has 5 heteroatoms. The number of nitrogens with two attached hydrogens (primary N) is 1. The summed E-state index contributed by atoms with van der Waals surface area (Å²) in [5, 5.41) is 0. The summed E-state index contributed by atoms with van der Waals surface area (Å²) in [6.45, 7) is 1.69. The fraction of sp³-hybridized carbons (Fsp3) is 0.417. The first-order valence-electron chi connectivity index (χ1n) is 5.57. The van der Waals surface area contributed by atoms with Crippen molar-refractivity contribution < 1.29 is 4.74 Å². The molecule has 0 spiro atoms. The van der Waals surface area contributed by atoms with Gasteiger partial charge < -0.3 is 15.4 Å². The summed E-state index contributed by atoms with van der Waals surface area (Å²) in [6.07, 6.45) is 0.988. The normalized spacial score (nSPS) is 11.2. The molecule has 0 atom stereocenters. The number of nitrogens with zero attached hydrogens (tertiary/aromatic N) is 2. The van der Waals surface area contributed by atoms with Crippen LogP contribution in [0.1, 0.15) is 6.42 Å². The third-order valence-corrected chi connectivity index (χ3v) is 3.30. The van der Waals surface area contributed by atoms with Gasteiger partial charge in [-0.05, 0) is 32.6 Å². The molecule has 0 saturated heterocycles. The number of benzene rings is 1. The van der Waals surface area contributed by atoms with Gasteiger partial charge in [0.2, 0.25) is 0 Å². The predicted molar refractivity (Wildman–Crippen MR) is 72.7 cm³/mol. The Labute approximate surface area is 105 Å². The summed E-state index contributed by atoms with van der Waals surface area (Å²) in [5.74, 6) is 0.738. The molecule has 0 bridgehead atoms. The first-order chi connectivity index (χ1) is 8.18. The standard InChI is InChI=1S/C12H17N3OS/c1-15(2)6-3-7-16-9-4-5-10-12(11(9)13)14-8-17-10/h4-5,8H,3,6-7,13H2,1-2H3. The van der Waals surface area contributed by atoms with E-state index in [4.69, 9.17) is 10.5 Å². The maximum absolute atomic E-state index is 6.01. The summed E-state index contributed by atoms with van der Waals surface area (Å²) in [6, 6.07) is 3.93. The van der Waals surface area contributed by atoms with Gasteiger partial charge in [0.25, 0.3) is 0 Å². The van der Waals surface area contributed by atoms with Gasteiger partial charge >= 0.3 is 0 Å². The minimum absolute atomic E-state index is 0.647. The summed E-state index contributed by atoms with van der Waals surface area (Å²) in [4.78, 5) is 6.38. The molecule has 4 nitrogen and oxygen atoms in total. The van der Waals surface area contributed by atoms with Gasteiger partial charge in [0.05, 0.1) is 16.8 Å². The molecule has 2 aromatic rings. The van der Waals surface area contributed by atoms with E-state index in [1.165, 1.54) is 0 Å². The molecule has 2 N–H and O–H groups in total. The van der Waals surface area contributed by atoms with Crippen LogP contribution < -0.4 is 10.5 Å². The van der Waals surface area contributed by atoms with Crippen LogP contribution in [0.4, 0.5) is 5.69 Å². The molecule has 17 heavy (non-hydrogen) atoms. The molecule has 1 aromatic carbocycles. The van der Waals surface area contributed by atoms with Crippen molar-refractivity contribution in [1.29, 1.82) is 0 Å². The van der Waals surface area contributed by atoms with Gasteiger partial charge in [0.15, 0.2) is 0 Å². The Balaban J connectivity index is 2.01. The number of thiazole rings is 1. The molecule has 92 valence electrons. The summed E-state index contributed by atoms with van der Waals surface area (Å²) < 4.78 is 6.78. The van der Waals surface area contributed by atoms with Gasteiger partial charge in [-0.1, -0.05) is 0 Å². The molecule has 1 heterocycles. The Morgan fingerprint density at radius 3 is 3.00 bits per heavy atom. The fourth-order valence-corrected chi connectivity index (χ4v) is 2.31. The minimum atomic E-state index is 0.647. The molecular formula is C12H17N3OS. The second-order valence-corrected chi connectivity index (χ2v) is 5.07. The van der Waals surface area contributed by atoms with Crippen molar-refractivity contribution >= 4 is 27.2 Å². The highest BCUT2D eigenvalue weighted by atomic mass is 32.1. The number of hydrogen-bond acceptors (Lipinski definition) is 5. The van der Waals surface area contributed by atoms with E-state index >= 15 is 0 Å². The van der Waals surface area contributed by atoms with Crippen molar-refractivity contribution in [3.05, 3.63) is 17.6 Å². The van der Waals surface area contributed by atoms with Crippen LogP contribution >= 0.6 is 11.3 Å². The van der Waals surface area contributed by atoms with Crippen LogP contribution in [0.5, 0.6) is 5.75 Å². The van der Waals surface area contributed by atoms with Gasteiger partial charge in [0.1, 0.15) is 17.0 Å². The van der Waals surface area contributed by atoms with Crippen LogP contribution in [0.3, 0.4) is 0 Å². The van der Waals surface area contributed by atoms with Crippen molar-refractivity contribution in [3.63, 3.8) is 0 Å². The van der Waals surface area contributed by atoms with Crippen LogP contribution in [0.25, 0.3) is 10.2 Å². The van der Waals surface area contributed by atoms with E-state index in [0.717, 1.165) is 28.9 Å². The second kappa shape index (κ2) is 5.33. The Kier molecular flexibility index (Phi) is 3.81. The third kappa shape index (κ3) is 2.87. The summed E-state index contributed by atoms with van der Waals surface area (Å²) in [5.41, 5.74) is 9.31. The van der Waals surface area contributed by atoms with Crippen LogP contribution in [-0.2, 0) is 0 Å². The van der Waals surface area contributed by atoms with Crippen LogP contribution in [0.15, 0.2) is 17.6 Å². The van der Waals surface area contributed by atoms with Crippen LogP contribution in [0, 0.1) is 0 Å². The zero-order valence-electron chi connectivity index (χ0n) is 10.1. The van der Waals surface area contributed by atoms with E-state index < -0.39 is 0 Å². The minimum Gasteiger partial charge on any atom is -0.491 e. The number of fused-ring (bicyclic) bond motifs is 1. The Bertz CT molecular complexity index is 495. The van der Waals surface area contributed by atoms with Gasteiger partial charge in [-0.25, -0.2) is 4.98 Å². The average molecular weight is 251 g/mol. The fourth-order valence-electron chi connectivity index (χ4n) is 1.62. The Hall–Kier alpha value is -1.33. The maximum Gasteiger partial charge on any atom is 0.144 e. The number of ether oxygens (including phenoxy) is 1. The number of rotatable bonds is 5. The first-order valence-corrected chi connectivity index (χ1v) is 6.45. The van der Waals surface area contributed by atoms with Gasteiger partial charge in [0, 0.05) is 6.54 Å². The quantitative estimate of drug-likeness (QED) is 0.654. The first kappa shape index (κ1) is 12.1. The van der Waals surface area contributed by atoms with Crippen LogP contribution in [0.2, 0.25) is 0 Å². The monoisotopic (exact) mass is 251 g/mol. The largest absolute Gasteiger partial charge is 0.491 e. The molecule has 0 amide bonds.